The van der Waals surface area contributed by atoms with Crippen LogP contribution in [0.3, 0.4) is 0 Å². The minimum atomic E-state index is -1.11. The fourth-order valence-corrected chi connectivity index (χ4v) is 4.96. The molecule has 1 fully saturated rings. The lowest BCUT2D eigenvalue weighted by Crippen LogP contribution is -2.42. The summed E-state index contributed by atoms with van der Waals surface area (Å²) >= 11 is 2.69. The Morgan fingerprint density at radius 1 is 1.32 bits per heavy atom. The summed E-state index contributed by atoms with van der Waals surface area (Å²) in [6, 6.07) is 6.98. The Kier molecular flexibility index (Phi) is 5.48. The molecule has 2 aromatic rings. The summed E-state index contributed by atoms with van der Waals surface area (Å²) in [5.41, 5.74) is 0.797. The van der Waals surface area contributed by atoms with Crippen molar-refractivity contribution in [3.05, 3.63) is 29.3 Å². The number of aliphatic hydroxyl groups is 3. The summed E-state index contributed by atoms with van der Waals surface area (Å²) in [7, 11) is 0. The lowest BCUT2D eigenvalue weighted by molar-refractivity contribution is -0.119. The van der Waals surface area contributed by atoms with Crippen molar-refractivity contribution in [2.45, 2.75) is 30.6 Å². The molecule has 1 aliphatic heterocycles. The monoisotopic (exact) mass is 420 g/mol. The van der Waals surface area contributed by atoms with Gasteiger partial charge in [0.1, 0.15) is 22.9 Å². The van der Waals surface area contributed by atoms with Gasteiger partial charge in [-0.3, -0.25) is 9.79 Å². The summed E-state index contributed by atoms with van der Waals surface area (Å²) in [5.74, 6) is -1.25. The van der Waals surface area contributed by atoms with Crippen LogP contribution in [0.1, 0.15) is 17.3 Å². The van der Waals surface area contributed by atoms with E-state index < -0.39 is 30.1 Å². The molecular weight excluding hydrogens is 400 g/mol. The predicted octanol–water partition coefficient (Wildman–Crippen LogP) is 0.730. The highest BCUT2D eigenvalue weighted by Gasteiger charge is 2.43. The van der Waals surface area contributed by atoms with Crippen LogP contribution in [0.2, 0.25) is 0 Å². The maximum Gasteiger partial charge on any atom is 0.243 e. The van der Waals surface area contributed by atoms with Crippen molar-refractivity contribution in [3.63, 3.8) is 0 Å². The van der Waals surface area contributed by atoms with E-state index in [4.69, 9.17) is 0 Å². The van der Waals surface area contributed by atoms with Crippen molar-refractivity contribution in [1.82, 2.24) is 10.3 Å². The number of nitrogens with one attached hydrogen (secondary N) is 1. The van der Waals surface area contributed by atoms with Gasteiger partial charge in [0.15, 0.2) is 5.17 Å². The van der Waals surface area contributed by atoms with Crippen LogP contribution in [0.5, 0.6) is 0 Å². The van der Waals surface area contributed by atoms with Gasteiger partial charge in [-0.15, -0.1) is 11.3 Å². The third kappa shape index (κ3) is 3.46. The van der Waals surface area contributed by atoms with Crippen LogP contribution in [0, 0.1) is 5.92 Å². The molecule has 1 aromatic heterocycles. The molecule has 0 spiro atoms. The lowest BCUT2D eigenvalue weighted by atomic mass is 10.1. The highest BCUT2D eigenvalue weighted by atomic mass is 32.2. The van der Waals surface area contributed by atoms with Gasteiger partial charge in [0, 0.05) is 12.5 Å². The fourth-order valence-electron chi connectivity index (χ4n) is 3.50. The number of thioether (sulfide) groups is 1. The van der Waals surface area contributed by atoms with E-state index in [2.05, 4.69) is 20.3 Å². The Bertz CT molecular complexity index is 927. The van der Waals surface area contributed by atoms with E-state index in [0.717, 1.165) is 10.2 Å². The molecule has 0 saturated heterocycles. The number of fused-ring (bicyclic) bond motifs is 1. The predicted molar refractivity (Wildman–Crippen MR) is 110 cm³/mol. The molecule has 10 heteroatoms. The Hall–Kier alpha value is -1.85. The van der Waals surface area contributed by atoms with E-state index in [9.17, 15) is 20.1 Å². The Morgan fingerprint density at radius 2 is 2.11 bits per heavy atom. The summed E-state index contributed by atoms with van der Waals surface area (Å²) in [4.78, 5) is 26.4. The first-order valence-electron chi connectivity index (χ1n) is 8.85. The van der Waals surface area contributed by atoms with Crippen LogP contribution in [0.25, 0.3) is 10.2 Å². The first-order valence-corrected chi connectivity index (χ1v) is 10.9. The third-order valence-corrected chi connectivity index (χ3v) is 6.70. The molecule has 1 saturated carbocycles. The molecule has 4 rings (SSSR count). The van der Waals surface area contributed by atoms with E-state index >= 15 is 0 Å². The Labute approximate surface area is 169 Å². The van der Waals surface area contributed by atoms with E-state index in [1.54, 1.807) is 6.26 Å². The highest BCUT2D eigenvalue weighted by molar-refractivity contribution is 8.13. The van der Waals surface area contributed by atoms with E-state index in [0.29, 0.717) is 16.6 Å². The standard InChI is InChI=1S/C18H20N4O4S2/c1-27-18-21-15(19-10-6-8(7-23)13(24)14(10)25)12(16(26)22-18)17-20-9-4-2-3-5-11(9)28-17/h2-5,8,10,12-14,23-25H,6-7H2,1H3,(H,19,21,22,26)/t8-,10-,12?,13-,14+/m1/s1. The van der Waals surface area contributed by atoms with Crippen molar-refractivity contribution in [3.8, 4) is 0 Å². The number of aliphatic hydroxyl groups excluding tert-OH is 3. The molecular formula is C18H20N4O4S2. The normalized spacial score (nSPS) is 32.0. The number of carbonyl (C=O) groups excluding carboxylic acids is 1. The number of carbonyl (C=O) groups is 1. The molecule has 28 heavy (non-hydrogen) atoms. The van der Waals surface area contributed by atoms with Crippen LogP contribution in [-0.2, 0) is 4.79 Å². The van der Waals surface area contributed by atoms with E-state index in [-0.39, 0.29) is 18.3 Å². The van der Waals surface area contributed by atoms with E-state index in [1.807, 2.05) is 24.3 Å². The number of rotatable bonds is 3. The number of aromatic nitrogens is 1. The van der Waals surface area contributed by atoms with Crippen molar-refractivity contribution < 1.29 is 20.1 Å². The largest absolute Gasteiger partial charge is 0.396 e. The quantitative estimate of drug-likeness (QED) is 0.580. The average molecular weight is 421 g/mol. The smallest absolute Gasteiger partial charge is 0.243 e. The number of aliphatic imine (C=N–C) groups is 2. The molecule has 148 valence electrons. The van der Waals surface area contributed by atoms with E-state index in [1.165, 1.54) is 23.1 Å². The molecule has 1 aliphatic carbocycles. The van der Waals surface area contributed by atoms with Gasteiger partial charge in [-0.25, -0.2) is 9.98 Å². The van der Waals surface area contributed by atoms with Crippen molar-refractivity contribution >= 4 is 50.2 Å². The van der Waals surface area contributed by atoms with Crippen molar-refractivity contribution in [1.29, 1.82) is 0 Å². The molecule has 4 N–H and O–H groups in total. The number of hydrogen-bond acceptors (Lipinski definition) is 8. The third-order valence-electron chi connectivity index (χ3n) is 5.02. The lowest BCUT2D eigenvalue weighted by Gasteiger charge is -2.22. The number of amides is 1. The average Bonchev–Trinajstić information content (AvgIpc) is 3.23. The van der Waals surface area contributed by atoms with Crippen LogP contribution in [0.4, 0.5) is 0 Å². The molecule has 0 bridgehead atoms. The summed E-state index contributed by atoms with van der Waals surface area (Å²) in [6.07, 6.45) is -0.0500. The molecule has 0 radical (unpaired) electrons. The Morgan fingerprint density at radius 3 is 2.79 bits per heavy atom. The number of hydrogen-bond donors (Lipinski definition) is 4. The van der Waals surface area contributed by atoms with Crippen LogP contribution >= 0.6 is 23.1 Å². The zero-order valence-electron chi connectivity index (χ0n) is 15.0. The zero-order valence-corrected chi connectivity index (χ0v) is 16.7. The SMILES string of the molecule is CSC1=NC(=N[C@@H]2C[C@H](CO)[C@@H](O)[C@H]2O)C(c2nc3ccccc3s2)C(=O)N1. The fraction of sp³-hybridized carbons (Fsp3) is 0.444. The van der Waals surface area contributed by atoms with Crippen molar-refractivity contribution in [2.24, 2.45) is 15.9 Å². The zero-order chi connectivity index (χ0) is 19.8. The first kappa shape index (κ1) is 19.5. The number of amidine groups is 2. The molecule has 8 nitrogen and oxygen atoms in total. The number of thiazole rings is 1. The van der Waals surface area contributed by atoms with Gasteiger partial charge in [-0.2, -0.15) is 0 Å². The van der Waals surface area contributed by atoms with Gasteiger partial charge in [0.2, 0.25) is 5.91 Å². The van der Waals surface area contributed by atoms with Crippen LogP contribution in [-0.4, -0.2) is 68.3 Å². The van der Waals surface area contributed by atoms with Gasteiger partial charge in [0.25, 0.3) is 0 Å². The summed E-state index contributed by atoms with van der Waals surface area (Å²) in [5, 5.41) is 33.5. The second-order valence-electron chi connectivity index (χ2n) is 6.78. The summed E-state index contributed by atoms with van der Waals surface area (Å²) < 4.78 is 0.959. The van der Waals surface area contributed by atoms with Crippen LogP contribution in [0.15, 0.2) is 34.3 Å². The molecule has 2 heterocycles. The minimum Gasteiger partial charge on any atom is -0.396 e. The molecule has 5 atom stereocenters. The molecule has 1 unspecified atom stereocenters. The van der Waals surface area contributed by atoms with Gasteiger partial charge < -0.3 is 20.6 Å². The van der Waals surface area contributed by atoms with Gasteiger partial charge in [-0.1, -0.05) is 23.9 Å². The Balaban J connectivity index is 1.75. The van der Waals surface area contributed by atoms with Crippen LogP contribution < -0.4 is 5.32 Å². The minimum absolute atomic E-state index is 0.235. The number of nitrogens with zero attached hydrogens (tertiary/aromatic N) is 3. The topological polar surface area (TPSA) is 127 Å². The second kappa shape index (κ2) is 7.88. The second-order valence-corrected chi connectivity index (χ2v) is 8.63. The number of benzene rings is 1. The molecule has 1 amide bonds. The van der Waals surface area contributed by atoms with Gasteiger partial charge >= 0.3 is 0 Å². The van der Waals surface area contributed by atoms with Gasteiger partial charge in [0.05, 0.1) is 22.4 Å². The maximum absolute atomic E-state index is 12.8. The van der Waals surface area contributed by atoms with Crippen molar-refractivity contribution in [2.75, 3.05) is 12.9 Å². The molecule has 2 aliphatic rings. The highest BCUT2D eigenvalue weighted by Crippen LogP contribution is 2.33. The number of para-hydroxylation sites is 1. The summed E-state index contributed by atoms with van der Waals surface area (Å²) in [6.45, 7) is -0.235. The maximum atomic E-state index is 12.8. The van der Waals surface area contributed by atoms with Gasteiger partial charge in [-0.05, 0) is 24.8 Å². The molecule has 1 aromatic carbocycles. The first-order chi connectivity index (χ1) is 13.5.